The fourth-order valence-electron chi connectivity index (χ4n) is 2.96. The van der Waals surface area contributed by atoms with Gasteiger partial charge in [0.2, 0.25) is 0 Å². The zero-order valence-electron chi connectivity index (χ0n) is 19.1. The average Bonchev–Trinajstić information content (AvgIpc) is 2.77. The Labute approximate surface area is 208 Å². The van der Waals surface area contributed by atoms with Crippen molar-refractivity contribution in [3.63, 3.8) is 0 Å². The molecule has 0 aliphatic rings. The molecule has 0 aliphatic carbocycles. The van der Waals surface area contributed by atoms with Gasteiger partial charge in [0.1, 0.15) is 12.1 Å². The smallest absolute Gasteiger partial charge is 0.262 e. The number of ether oxygens (including phenoxy) is 2. The molecule has 0 saturated heterocycles. The van der Waals surface area contributed by atoms with E-state index in [4.69, 9.17) is 37.9 Å². The second-order valence-corrected chi connectivity index (χ2v) is 8.44. The summed E-state index contributed by atoms with van der Waals surface area (Å²) in [5.41, 5.74) is 3.33. The fourth-order valence-corrected chi connectivity index (χ4v) is 3.46. The maximum atomic E-state index is 12.7. The number of carbonyl (C=O) groups is 2. The maximum Gasteiger partial charge on any atom is 0.262 e. The molecule has 0 spiro atoms. The molecular formula is C24H26Cl2N4O4. The number of nitrogens with one attached hydrogen (secondary N) is 2. The normalized spacial score (nSPS) is 11.7. The van der Waals surface area contributed by atoms with E-state index in [-0.39, 0.29) is 23.1 Å². The van der Waals surface area contributed by atoms with Gasteiger partial charge in [-0.15, -0.1) is 0 Å². The van der Waals surface area contributed by atoms with E-state index in [9.17, 15) is 9.59 Å². The summed E-state index contributed by atoms with van der Waals surface area (Å²) >= 11 is 12.0. The Hall–Kier alpha value is -3.28. The Morgan fingerprint density at radius 1 is 1.15 bits per heavy atom. The maximum absolute atomic E-state index is 12.7. The molecule has 0 unspecified atom stereocenters. The lowest BCUT2D eigenvalue weighted by molar-refractivity contribution is -0.123. The standard InChI is InChI=1S/C24H26Cl2N4O4/c1-4-33-22-12-16(5-8-21(22)34-10-9-27)14-28-30-24(32)20(11-15(2)3)29-23(31)18-7-6-17(25)13-19(18)26/h5-8,12-15,20H,4,10-11H2,1-3H3,(H,29,31)(H,30,32)/b28-14-/t20-/m1/s1. The Balaban J connectivity index is 2.09. The lowest BCUT2D eigenvalue weighted by atomic mass is 10.0. The average molecular weight is 505 g/mol. The van der Waals surface area contributed by atoms with Crippen molar-refractivity contribution >= 4 is 41.2 Å². The Morgan fingerprint density at radius 3 is 2.56 bits per heavy atom. The summed E-state index contributed by atoms with van der Waals surface area (Å²) in [5, 5.41) is 16.0. The van der Waals surface area contributed by atoms with Crippen LogP contribution in [-0.4, -0.2) is 37.3 Å². The fraction of sp³-hybridized carbons (Fsp3) is 0.333. The largest absolute Gasteiger partial charge is 0.490 e. The van der Waals surface area contributed by atoms with Crippen LogP contribution in [0, 0.1) is 17.2 Å². The number of amides is 2. The molecule has 0 saturated carbocycles. The third-order valence-corrected chi connectivity index (χ3v) is 5.00. The molecule has 10 heteroatoms. The molecule has 2 aromatic carbocycles. The van der Waals surface area contributed by atoms with Crippen molar-refractivity contribution in [3.8, 4) is 17.6 Å². The van der Waals surface area contributed by atoms with E-state index < -0.39 is 17.9 Å². The number of hydrazone groups is 1. The van der Waals surface area contributed by atoms with Gasteiger partial charge in [-0.1, -0.05) is 37.0 Å². The van der Waals surface area contributed by atoms with E-state index >= 15 is 0 Å². The first-order chi connectivity index (χ1) is 16.2. The third-order valence-electron chi connectivity index (χ3n) is 4.45. The summed E-state index contributed by atoms with van der Waals surface area (Å²) in [6.45, 7) is 6.02. The zero-order valence-corrected chi connectivity index (χ0v) is 20.6. The van der Waals surface area contributed by atoms with Crippen molar-refractivity contribution in [3.05, 3.63) is 57.6 Å². The van der Waals surface area contributed by atoms with Gasteiger partial charge in [-0.05, 0) is 61.2 Å². The molecule has 2 rings (SSSR count). The minimum atomic E-state index is -0.822. The SMILES string of the molecule is CCOc1cc(/C=N\NC(=O)[C@@H](CC(C)C)NC(=O)c2ccc(Cl)cc2Cl)ccc1OCC#N. The second kappa shape index (κ2) is 13.4. The zero-order chi connectivity index (χ0) is 25.1. The molecule has 0 radical (unpaired) electrons. The van der Waals surface area contributed by atoms with Gasteiger partial charge in [0.05, 0.1) is 23.4 Å². The van der Waals surface area contributed by atoms with E-state index in [1.165, 1.54) is 18.3 Å². The van der Waals surface area contributed by atoms with Crippen molar-refractivity contribution in [2.24, 2.45) is 11.0 Å². The highest BCUT2D eigenvalue weighted by Crippen LogP contribution is 2.28. The summed E-state index contributed by atoms with van der Waals surface area (Å²) < 4.78 is 10.9. The molecule has 2 N–H and O–H groups in total. The summed E-state index contributed by atoms with van der Waals surface area (Å²) in [7, 11) is 0. The van der Waals surface area contributed by atoms with Crippen molar-refractivity contribution in [1.29, 1.82) is 5.26 Å². The third kappa shape index (κ3) is 8.25. The van der Waals surface area contributed by atoms with Crippen LogP contribution in [-0.2, 0) is 4.79 Å². The van der Waals surface area contributed by atoms with Crippen LogP contribution in [0.5, 0.6) is 11.5 Å². The van der Waals surface area contributed by atoms with Gasteiger partial charge in [0.25, 0.3) is 11.8 Å². The predicted molar refractivity (Wildman–Crippen MR) is 132 cm³/mol. The van der Waals surface area contributed by atoms with Gasteiger partial charge < -0.3 is 14.8 Å². The van der Waals surface area contributed by atoms with Gasteiger partial charge in [0.15, 0.2) is 18.1 Å². The summed E-state index contributed by atoms with van der Waals surface area (Å²) in [6, 6.07) is 10.7. The van der Waals surface area contributed by atoms with Crippen LogP contribution >= 0.6 is 23.2 Å². The Morgan fingerprint density at radius 2 is 1.91 bits per heavy atom. The molecular weight excluding hydrogens is 479 g/mol. The van der Waals surface area contributed by atoms with Crippen LogP contribution in [0.4, 0.5) is 0 Å². The highest BCUT2D eigenvalue weighted by molar-refractivity contribution is 6.36. The first-order valence-corrected chi connectivity index (χ1v) is 11.4. The van der Waals surface area contributed by atoms with Gasteiger partial charge in [-0.2, -0.15) is 10.4 Å². The topological polar surface area (TPSA) is 113 Å². The van der Waals surface area contributed by atoms with Crippen LogP contribution in [0.15, 0.2) is 41.5 Å². The quantitative estimate of drug-likeness (QED) is 0.343. The molecule has 2 aromatic rings. The summed E-state index contributed by atoms with van der Waals surface area (Å²) in [6.07, 6.45) is 1.84. The lowest BCUT2D eigenvalue weighted by Crippen LogP contribution is -2.46. The number of nitrogens with zero attached hydrogens (tertiary/aromatic N) is 2. The van der Waals surface area contributed by atoms with Crippen LogP contribution < -0.4 is 20.2 Å². The molecule has 8 nitrogen and oxygen atoms in total. The minimum Gasteiger partial charge on any atom is -0.490 e. The second-order valence-electron chi connectivity index (χ2n) is 7.60. The van der Waals surface area contributed by atoms with Crippen molar-refractivity contribution in [1.82, 2.24) is 10.7 Å². The van der Waals surface area contributed by atoms with Crippen molar-refractivity contribution < 1.29 is 19.1 Å². The molecule has 180 valence electrons. The summed E-state index contributed by atoms with van der Waals surface area (Å²) in [4.78, 5) is 25.4. The molecule has 34 heavy (non-hydrogen) atoms. The molecule has 1 atom stereocenters. The van der Waals surface area contributed by atoms with E-state index in [2.05, 4.69) is 15.8 Å². The van der Waals surface area contributed by atoms with E-state index in [0.717, 1.165) is 0 Å². The number of nitriles is 1. The number of hydrogen-bond acceptors (Lipinski definition) is 6. The first kappa shape index (κ1) is 27.0. The number of halogens is 2. The van der Waals surface area contributed by atoms with E-state index in [1.807, 2.05) is 26.8 Å². The molecule has 2 amide bonds. The number of benzene rings is 2. The van der Waals surface area contributed by atoms with Crippen LogP contribution in [0.3, 0.4) is 0 Å². The van der Waals surface area contributed by atoms with Gasteiger partial charge in [-0.25, -0.2) is 5.43 Å². The Kier molecular flexibility index (Phi) is 10.7. The Bertz CT molecular complexity index is 1080. The van der Waals surface area contributed by atoms with E-state index in [0.29, 0.717) is 35.1 Å². The molecule has 0 fully saturated rings. The van der Waals surface area contributed by atoms with Gasteiger partial charge in [0, 0.05) is 5.02 Å². The lowest BCUT2D eigenvalue weighted by Gasteiger charge is -2.19. The monoisotopic (exact) mass is 504 g/mol. The predicted octanol–water partition coefficient (Wildman–Crippen LogP) is 4.59. The first-order valence-electron chi connectivity index (χ1n) is 10.6. The van der Waals surface area contributed by atoms with Crippen molar-refractivity contribution in [2.45, 2.75) is 33.2 Å². The molecule has 0 aromatic heterocycles. The van der Waals surface area contributed by atoms with E-state index in [1.54, 1.807) is 24.3 Å². The van der Waals surface area contributed by atoms with Crippen LogP contribution in [0.1, 0.15) is 43.1 Å². The van der Waals surface area contributed by atoms with Gasteiger partial charge in [-0.3, -0.25) is 9.59 Å². The minimum absolute atomic E-state index is 0.103. The number of rotatable bonds is 11. The molecule has 0 aliphatic heterocycles. The number of hydrogen-bond donors (Lipinski definition) is 2. The summed E-state index contributed by atoms with van der Waals surface area (Å²) in [5.74, 6) is 0.0709. The highest BCUT2D eigenvalue weighted by Gasteiger charge is 2.23. The number of carbonyl (C=O) groups excluding carboxylic acids is 2. The van der Waals surface area contributed by atoms with Crippen LogP contribution in [0.2, 0.25) is 10.0 Å². The van der Waals surface area contributed by atoms with Crippen LogP contribution in [0.25, 0.3) is 0 Å². The van der Waals surface area contributed by atoms with Crippen molar-refractivity contribution in [2.75, 3.05) is 13.2 Å². The van der Waals surface area contributed by atoms with Gasteiger partial charge >= 0.3 is 0 Å². The molecule has 0 heterocycles. The highest BCUT2D eigenvalue weighted by atomic mass is 35.5. The molecule has 0 bridgehead atoms.